The molecule has 0 amide bonds. The van der Waals surface area contributed by atoms with E-state index in [-0.39, 0.29) is 0 Å². The van der Waals surface area contributed by atoms with E-state index in [1.165, 1.54) is 0 Å². The van der Waals surface area contributed by atoms with Crippen molar-refractivity contribution in [3.05, 3.63) is 43.2 Å². The lowest BCUT2D eigenvalue weighted by Gasteiger charge is -2.11. The van der Waals surface area contributed by atoms with E-state index in [0.717, 1.165) is 19.3 Å². The SMILES string of the molecule is CC(C)c1nc(-c2ccccc2Br)nc(Cl)c1I. The lowest BCUT2D eigenvalue weighted by molar-refractivity contribution is 0.808. The van der Waals surface area contributed by atoms with E-state index in [2.05, 4.69) is 62.3 Å². The summed E-state index contributed by atoms with van der Waals surface area (Å²) in [6.45, 7) is 4.20. The van der Waals surface area contributed by atoms with Crippen LogP contribution in [0.25, 0.3) is 11.4 Å². The quantitative estimate of drug-likeness (QED) is 0.472. The largest absolute Gasteiger partial charge is 0.232 e. The van der Waals surface area contributed by atoms with Crippen LogP contribution < -0.4 is 0 Å². The molecule has 0 aliphatic carbocycles. The van der Waals surface area contributed by atoms with Crippen molar-refractivity contribution in [3.8, 4) is 11.4 Å². The second-order valence-electron chi connectivity index (χ2n) is 4.17. The molecule has 0 saturated heterocycles. The summed E-state index contributed by atoms with van der Waals surface area (Å²) in [6.07, 6.45) is 0. The van der Waals surface area contributed by atoms with E-state index in [1.807, 2.05) is 24.3 Å². The molecule has 0 unspecified atom stereocenters. The Kier molecular flexibility index (Phi) is 4.61. The van der Waals surface area contributed by atoms with Gasteiger partial charge in [-0.3, -0.25) is 0 Å². The predicted molar refractivity (Wildman–Crippen MR) is 87.0 cm³/mol. The number of hydrogen-bond acceptors (Lipinski definition) is 2. The molecule has 0 radical (unpaired) electrons. The highest BCUT2D eigenvalue weighted by atomic mass is 127. The summed E-state index contributed by atoms with van der Waals surface area (Å²) in [4.78, 5) is 8.99. The van der Waals surface area contributed by atoms with Crippen LogP contribution in [0.2, 0.25) is 5.15 Å². The van der Waals surface area contributed by atoms with E-state index in [4.69, 9.17) is 11.6 Å². The second-order valence-corrected chi connectivity index (χ2v) is 6.46. The van der Waals surface area contributed by atoms with Crippen LogP contribution in [0.4, 0.5) is 0 Å². The summed E-state index contributed by atoms with van der Waals surface area (Å²) < 4.78 is 1.90. The zero-order valence-electron chi connectivity index (χ0n) is 9.92. The van der Waals surface area contributed by atoms with E-state index in [1.54, 1.807) is 0 Å². The molecule has 0 atom stereocenters. The standard InChI is InChI=1S/C13H11BrClIN2/c1-7(2)11-10(16)12(15)18-13(17-11)8-5-3-4-6-9(8)14/h3-7H,1-2H3. The summed E-state index contributed by atoms with van der Waals surface area (Å²) in [5.74, 6) is 0.982. The van der Waals surface area contributed by atoms with Gasteiger partial charge in [0.15, 0.2) is 5.82 Å². The van der Waals surface area contributed by atoms with Crippen LogP contribution in [0.1, 0.15) is 25.5 Å². The molecule has 94 valence electrons. The van der Waals surface area contributed by atoms with Gasteiger partial charge < -0.3 is 0 Å². The molecule has 2 nitrogen and oxygen atoms in total. The Hall–Kier alpha value is -0.200. The first-order valence-electron chi connectivity index (χ1n) is 5.48. The highest BCUT2D eigenvalue weighted by Gasteiger charge is 2.15. The minimum absolute atomic E-state index is 0.318. The van der Waals surface area contributed by atoms with Gasteiger partial charge in [-0.2, -0.15) is 0 Å². The molecule has 2 rings (SSSR count). The van der Waals surface area contributed by atoms with Crippen molar-refractivity contribution in [3.63, 3.8) is 0 Å². The highest BCUT2D eigenvalue weighted by molar-refractivity contribution is 14.1. The minimum atomic E-state index is 0.318. The van der Waals surface area contributed by atoms with Crippen LogP contribution in [-0.4, -0.2) is 9.97 Å². The Bertz CT molecular complexity index is 587. The minimum Gasteiger partial charge on any atom is -0.232 e. The van der Waals surface area contributed by atoms with Crippen molar-refractivity contribution in [1.82, 2.24) is 9.97 Å². The molecule has 0 saturated carbocycles. The van der Waals surface area contributed by atoms with Crippen LogP contribution in [0.3, 0.4) is 0 Å². The molecule has 0 aliphatic rings. The molecule has 1 aromatic carbocycles. The highest BCUT2D eigenvalue weighted by Crippen LogP contribution is 2.30. The predicted octanol–water partition coefficient (Wildman–Crippen LogP) is 5.29. The zero-order valence-corrected chi connectivity index (χ0v) is 14.4. The lowest BCUT2D eigenvalue weighted by atomic mass is 10.1. The molecular formula is C13H11BrClIN2. The number of hydrogen-bond donors (Lipinski definition) is 0. The monoisotopic (exact) mass is 436 g/mol. The van der Waals surface area contributed by atoms with Crippen molar-refractivity contribution in [1.29, 1.82) is 0 Å². The number of rotatable bonds is 2. The molecule has 2 aromatic rings. The number of aromatic nitrogens is 2. The molecule has 0 fully saturated rings. The van der Waals surface area contributed by atoms with Crippen LogP contribution >= 0.6 is 50.1 Å². The van der Waals surface area contributed by atoms with Gasteiger partial charge in [-0.05, 0) is 34.6 Å². The summed E-state index contributed by atoms with van der Waals surface area (Å²) in [5, 5.41) is 0.514. The van der Waals surface area contributed by atoms with Crippen LogP contribution in [-0.2, 0) is 0 Å². The van der Waals surface area contributed by atoms with E-state index < -0.39 is 0 Å². The Morgan fingerprint density at radius 1 is 1.22 bits per heavy atom. The van der Waals surface area contributed by atoms with Gasteiger partial charge in [0.1, 0.15) is 5.15 Å². The molecule has 1 aromatic heterocycles. The van der Waals surface area contributed by atoms with Gasteiger partial charge in [0.25, 0.3) is 0 Å². The summed E-state index contributed by atoms with van der Waals surface area (Å²) in [5.41, 5.74) is 1.94. The smallest absolute Gasteiger partial charge is 0.162 e. The Labute approximate surface area is 133 Å². The molecule has 0 bridgehead atoms. The number of benzene rings is 1. The van der Waals surface area contributed by atoms with Gasteiger partial charge in [0, 0.05) is 10.0 Å². The lowest BCUT2D eigenvalue weighted by Crippen LogP contribution is -2.02. The average molecular weight is 438 g/mol. The fourth-order valence-electron chi connectivity index (χ4n) is 1.58. The first-order valence-corrected chi connectivity index (χ1v) is 7.73. The first kappa shape index (κ1) is 14.2. The van der Waals surface area contributed by atoms with Crippen LogP contribution in [0.5, 0.6) is 0 Å². The van der Waals surface area contributed by atoms with Crippen molar-refractivity contribution in [2.75, 3.05) is 0 Å². The van der Waals surface area contributed by atoms with Crippen LogP contribution in [0, 0.1) is 3.57 Å². The van der Waals surface area contributed by atoms with E-state index in [9.17, 15) is 0 Å². The van der Waals surface area contributed by atoms with Gasteiger partial charge >= 0.3 is 0 Å². The maximum Gasteiger partial charge on any atom is 0.162 e. The molecular weight excluding hydrogens is 426 g/mol. The third kappa shape index (κ3) is 2.86. The molecule has 5 heteroatoms. The van der Waals surface area contributed by atoms with Gasteiger partial charge in [-0.1, -0.05) is 59.6 Å². The Morgan fingerprint density at radius 2 is 1.89 bits per heavy atom. The fourth-order valence-corrected chi connectivity index (χ4v) is 3.08. The topological polar surface area (TPSA) is 25.8 Å². The van der Waals surface area contributed by atoms with E-state index >= 15 is 0 Å². The third-order valence-corrected chi connectivity index (χ3v) is 4.85. The van der Waals surface area contributed by atoms with Crippen molar-refractivity contribution in [2.24, 2.45) is 0 Å². The molecule has 0 spiro atoms. The van der Waals surface area contributed by atoms with Gasteiger partial charge in [0.05, 0.1) is 9.26 Å². The summed E-state index contributed by atoms with van der Waals surface area (Å²) in [7, 11) is 0. The maximum absolute atomic E-state index is 6.19. The van der Waals surface area contributed by atoms with Crippen molar-refractivity contribution >= 4 is 50.1 Å². The van der Waals surface area contributed by atoms with Crippen molar-refractivity contribution in [2.45, 2.75) is 19.8 Å². The average Bonchev–Trinajstić information content (AvgIpc) is 2.33. The zero-order chi connectivity index (χ0) is 13.3. The van der Waals surface area contributed by atoms with E-state index in [0.29, 0.717) is 16.9 Å². The number of nitrogens with zero attached hydrogens (tertiary/aromatic N) is 2. The Morgan fingerprint density at radius 3 is 2.50 bits per heavy atom. The summed E-state index contributed by atoms with van der Waals surface area (Å²) in [6, 6.07) is 7.88. The van der Waals surface area contributed by atoms with Gasteiger partial charge in [-0.25, -0.2) is 9.97 Å². The summed E-state index contributed by atoms with van der Waals surface area (Å²) >= 11 is 11.9. The number of halogens is 3. The third-order valence-electron chi connectivity index (χ3n) is 2.50. The van der Waals surface area contributed by atoms with Crippen LogP contribution in [0.15, 0.2) is 28.7 Å². The molecule has 0 aliphatic heterocycles. The molecule has 0 N–H and O–H groups in total. The normalized spacial score (nSPS) is 11.0. The first-order chi connectivity index (χ1) is 8.50. The fraction of sp³-hybridized carbons (Fsp3) is 0.231. The van der Waals surface area contributed by atoms with Gasteiger partial charge in [-0.15, -0.1) is 0 Å². The Balaban J connectivity index is 2.63. The van der Waals surface area contributed by atoms with Crippen molar-refractivity contribution < 1.29 is 0 Å². The molecule has 18 heavy (non-hydrogen) atoms. The van der Waals surface area contributed by atoms with Gasteiger partial charge in [0.2, 0.25) is 0 Å². The molecule has 1 heterocycles. The maximum atomic E-state index is 6.19. The second kappa shape index (κ2) is 5.84.